The molecule has 0 spiro atoms. The second-order valence-corrected chi connectivity index (χ2v) is 5.68. The summed E-state index contributed by atoms with van der Waals surface area (Å²) in [5.74, 6) is 2.13. The molecular formula is C17H23N3O3. The van der Waals surface area contributed by atoms with Crippen LogP contribution in [-0.4, -0.2) is 48.0 Å². The molecule has 0 amide bonds. The topological polar surface area (TPSA) is 60.6 Å². The molecule has 0 unspecified atom stereocenters. The van der Waals surface area contributed by atoms with Gasteiger partial charge in [0.25, 0.3) is 0 Å². The zero-order valence-corrected chi connectivity index (χ0v) is 13.7. The minimum absolute atomic E-state index is 0.383. The van der Waals surface area contributed by atoms with Crippen LogP contribution in [0.5, 0.6) is 5.75 Å². The van der Waals surface area contributed by atoms with E-state index in [2.05, 4.69) is 15.0 Å². The largest absolute Gasteiger partial charge is 0.494 e. The van der Waals surface area contributed by atoms with E-state index in [-0.39, 0.29) is 0 Å². The van der Waals surface area contributed by atoms with Gasteiger partial charge in [-0.3, -0.25) is 4.90 Å². The minimum atomic E-state index is 0.383. The molecule has 23 heavy (non-hydrogen) atoms. The molecule has 1 fully saturated rings. The quantitative estimate of drug-likeness (QED) is 0.816. The molecule has 0 N–H and O–H groups in total. The molecule has 124 valence electrons. The highest BCUT2D eigenvalue weighted by molar-refractivity contribution is 5.55. The normalized spacial score (nSPS) is 16.6. The van der Waals surface area contributed by atoms with Crippen LogP contribution in [-0.2, 0) is 11.3 Å². The monoisotopic (exact) mass is 317 g/mol. The lowest BCUT2D eigenvalue weighted by Crippen LogP contribution is -2.36. The molecule has 1 aliphatic rings. The SMILES string of the molecule is CCOc1ccc(-c2noc(CN3CCC(OC)CC3)n2)cc1. The fourth-order valence-electron chi connectivity index (χ4n) is 2.80. The van der Waals surface area contributed by atoms with Gasteiger partial charge in [-0.25, -0.2) is 0 Å². The van der Waals surface area contributed by atoms with E-state index in [0.29, 0.717) is 31.0 Å². The smallest absolute Gasteiger partial charge is 0.241 e. The highest BCUT2D eigenvalue weighted by Crippen LogP contribution is 2.21. The van der Waals surface area contributed by atoms with Crippen molar-refractivity contribution in [3.05, 3.63) is 30.2 Å². The third-order valence-electron chi connectivity index (χ3n) is 4.12. The third kappa shape index (κ3) is 4.09. The van der Waals surface area contributed by atoms with Gasteiger partial charge >= 0.3 is 0 Å². The molecule has 0 bridgehead atoms. The van der Waals surface area contributed by atoms with Gasteiger partial charge in [-0.15, -0.1) is 0 Å². The van der Waals surface area contributed by atoms with E-state index < -0.39 is 0 Å². The summed E-state index contributed by atoms with van der Waals surface area (Å²) in [4.78, 5) is 6.82. The highest BCUT2D eigenvalue weighted by Gasteiger charge is 2.20. The van der Waals surface area contributed by atoms with Crippen LogP contribution in [0.25, 0.3) is 11.4 Å². The van der Waals surface area contributed by atoms with Crippen LogP contribution in [0.1, 0.15) is 25.7 Å². The molecule has 6 nitrogen and oxygen atoms in total. The van der Waals surface area contributed by atoms with Gasteiger partial charge in [0.05, 0.1) is 19.3 Å². The summed E-state index contributed by atoms with van der Waals surface area (Å²) in [6.07, 6.45) is 2.49. The summed E-state index contributed by atoms with van der Waals surface area (Å²) < 4.78 is 16.2. The zero-order valence-electron chi connectivity index (χ0n) is 13.7. The lowest BCUT2D eigenvalue weighted by atomic mass is 10.1. The number of aromatic nitrogens is 2. The van der Waals surface area contributed by atoms with Gasteiger partial charge in [0.2, 0.25) is 11.7 Å². The van der Waals surface area contributed by atoms with Gasteiger partial charge in [0.1, 0.15) is 5.75 Å². The number of nitrogens with zero attached hydrogens (tertiary/aromatic N) is 3. The highest BCUT2D eigenvalue weighted by atomic mass is 16.5. The summed E-state index contributed by atoms with van der Waals surface area (Å²) in [5, 5.41) is 4.08. The van der Waals surface area contributed by atoms with Crippen LogP contribution >= 0.6 is 0 Å². The summed E-state index contributed by atoms with van der Waals surface area (Å²) in [5.41, 5.74) is 0.932. The molecule has 0 atom stereocenters. The van der Waals surface area contributed by atoms with Crippen LogP contribution in [0.4, 0.5) is 0 Å². The molecule has 1 aromatic heterocycles. The maximum absolute atomic E-state index is 5.44. The lowest BCUT2D eigenvalue weighted by molar-refractivity contribution is 0.0359. The molecule has 3 rings (SSSR count). The van der Waals surface area contributed by atoms with Crippen molar-refractivity contribution in [3.63, 3.8) is 0 Å². The fraction of sp³-hybridized carbons (Fsp3) is 0.529. The Labute approximate surface area is 136 Å². The lowest BCUT2D eigenvalue weighted by Gasteiger charge is -2.29. The van der Waals surface area contributed by atoms with E-state index in [1.165, 1.54) is 0 Å². The van der Waals surface area contributed by atoms with Crippen molar-refractivity contribution in [3.8, 4) is 17.1 Å². The number of piperidine rings is 1. The number of hydrogen-bond acceptors (Lipinski definition) is 6. The Balaban J connectivity index is 1.59. The van der Waals surface area contributed by atoms with Gasteiger partial charge in [0, 0.05) is 25.8 Å². The fourth-order valence-corrected chi connectivity index (χ4v) is 2.80. The minimum Gasteiger partial charge on any atom is -0.494 e. The first kappa shape index (κ1) is 16.0. The molecule has 6 heteroatoms. The number of hydrogen-bond donors (Lipinski definition) is 0. The molecule has 1 saturated heterocycles. The predicted molar refractivity (Wildman–Crippen MR) is 86.2 cm³/mol. The standard InChI is InChI=1S/C17H23N3O3/c1-3-22-15-6-4-13(5-7-15)17-18-16(23-19-17)12-20-10-8-14(21-2)9-11-20/h4-7,14H,3,8-12H2,1-2H3. The Morgan fingerprint density at radius 1 is 1.22 bits per heavy atom. The zero-order chi connectivity index (χ0) is 16.1. The predicted octanol–water partition coefficient (Wildman–Crippen LogP) is 2.75. The number of ether oxygens (including phenoxy) is 2. The van der Waals surface area contributed by atoms with Crippen molar-refractivity contribution in [2.45, 2.75) is 32.4 Å². The van der Waals surface area contributed by atoms with Gasteiger partial charge in [-0.1, -0.05) is 5.16 Å². The van der Waals surface area contributed by atoms with E-state index in [1.54, 1.807) is 7.11 Å². The van der Waals surface area contributed by atoms with Crippen molar-refractivity contribution in [2.24, 2.45) is 0 Å². The second-order valence-electron chi connectivity index (χ2n) is 5.68. The van der Waals surface area contributed by atoms with Gasteiger partial charge in [0.15, 0.2) is 0 Å². The Hall–Kier alpha value is -1.92. The van der Waals surface area contributed by atoms with E-state index >= 15 is 0 Å². The first-order chi connectivity index (χ1) is 11.3. The Morgan fingerprint density at radius 2 is 1.96 bits per heavy atom. The molecule has 2 aromatic rings. The molecular weight excluding hydrogens is 294 g/mol. The molecule has 2 heterocycles. The van der Waals surface area contributed by atoms with Crippen LogP contribution < -0.4 is 4.74 Å². The van der Waals surface area contributed by atoms with Crippen molar-refractivity contribution in [1.82, 2.24) is 15.0 Å². The number of likely N-dealkylation sites (tertiary alicyclic amines) is 1. The summed E-state index contributed by atoms with van der Waals surface area (Å²) in [6.45, 7) is 5.32. The Kier molecular flexibility index (Phi) is 5.25. The van der Waals surface area contributed by atoms with Crippen LogP contribution in [0.15, 0.2) is 28.8 Å². The molecule has 1 aromatic carbocycles. The Morgan fingerprint density at radius 3 is 2.61 bits per heavy atom. The molecule has 1 aliphatic heterocycles. The first-order valence-electron chi connectivity index (χ1n) is 8.09. The number of rotatable bonds is 6. The average molecular weight is 317 g/mol. The maximum Gasteiger partial charge on any atom is 0.241 e. The van der Waals surface area contributed by atoms with Crippen molar-refractivity contribution < 1.29 is 14.0 Å². The van der Waals surface area contributed by atoms with Crippen LogP contribution in [0, 0.1) is 0 Å². The van der Waals surface area contributed by atoms with E-state index in [0.717, 1.165) is 37.2 Å². The van der Waals surface area contributed by atoms with Crippen molar-refractivity contribution in [1.29, 1.82) is 0 Å². The van der Waals surface area contributed by atoms with Gasteiger partial charge in [-0.2, -0.15) is 4.98 Å². The maximum atomic E-state index is 5.44. The number of benzene rings is 1. The first-order valence-corrected chi connectivity index (χ1v) is 8.09. The van der Waals surface area contributed by atoms with Crippen LogP contribution in [0.3, 0.4) is 0 Å². The summed E-state index contributed by atoms with van der Waals surface area (Å²) >= 11 is 0. The molecule has 0 radical (unpaired) electrons. The Bertz CT molecular complexity index is 604. The molecule has 0 saturated carbocycles. The average Bonchev–Trinajstić information content (AvgIpc) is 3.05. The van der Waals surface area contributed by atoms with Gasteiger partial charge < -0.3 is 14.0 Å². The van der Waals surface area contributed by atoms with Gasteiger partial charge in [-0.05, 0) is 44.0 Å². The second kappa shape index (κ2) is 7.57. The van der Waals surface area contributed by atoms with E-state index in [1.807, 2.05) is 31.2 Å². The van der Waals surface area contributed by atoms with Crippen molar-refractivity contribution in [2.75, 3.05) is 26.8 Å². The summed E-state index contributed by atoms with van der Waals surface area (Å²) in [7, 11) is 1.78. The summed E-state index contributed by atoms with van der Waals surface area (Å²) in [6, 6.07) is 7.74. The van der Waals surface area contributed by atoms with Crippen LogP contribution in [0.2, 0.25) is 0 Å². The number of methoxy groups -OCH3 is 1. The molecule has 0 aliphatic carbocycles. The van der Waals surface area contributed by atoms with Crippen molar-refractivity contribution >= 4 is 0 Å². The third-order valence-corrected chi connectivity index (χ3v) is 4.12. The van der Waals surface area contributed by atoms with E-state index in [9.17, 15) is 0 Å². The van der Waals surface area contributed by atoms with E-state index in [4.69, 9.17) is 14.0 Å².